The number of nitrogens with zero attached hydrogens (tertiary/aromatic N) is 1. The molecule has 1 aromatic carbocycles. The number of carbonyl (C=O) groups excluding carboxylic acids is 3. The van der Waals surface area contributed by atoms with Gasteiger partial charge in [-0.1, -0.05) is 54.4 Å². The fraction of sp³-hybridized carbons (Fsp3) is 0.625. The van der Waals surface area contributed by atoms with Gasteiger partial charge in [0, 0.05) is 17.1 Å². The molecule has 0 saturated carbocycles. The van der Waals surface area contributed by atoms with Crippen LogP contribution in [0.15, 0.2) is 30.3 Å². The average Bonchev–Trinajstić information content (AvgIpc) is 3.39. The third kappa shape index (κ3) is 3.98. The Labute approximate surface area is 202 Å². The van der Waals surface area contributed by atoms with Crippen LogP contribution in [-0.4, -0.2) is 69.5 Å². The summed E-state index contributed by atoms with van der Waals surface area (Å²) in [5.74, 6) is -2.37. The van der Waals surface area contributed by atoms with E-state index in [0.717, 1.165) is 12.8 Å². The number of aliphatic hydroxyl groups is 1. The monoisotopic (exact) mass is 521 g/mol. The van der Waals surface area contributed by atoms with Gasteiger partial charge in [0.05, 0.1) is 30.6 Å². The van der Waals surface area contributed by atoms with E-state index in [9.17, 15) is 19.5 Å². The van der Waals surface area contributed by atoms with Crippen molar-refractivity contribution < 1.29 is 24.2 Å². The number of ether oxygens (including phenoxy) is 1. The van der Waals surface area contributed by atoms with Crippen LogP contribution in [0.4, 0.5) is 5.69 Å². The largest absolute Gasteiger partial charge is 0.394 e. The molecule has 1 aromatic rings. The first-order valence-electron chi connectivity index (χ1n) is 11.8. The summed E-state index contributed by atoms with van der Waals surface area (Å²) in [6, 6.07) is 7.69. The average molecular weight is 522 g/mol. The highest BCUT2D eigenvalue weighted by molar-refractivity contribution is 9.09. The summed E-state index contributed by atoms with van der Waals surface area (Å²) in [4.78, 5) is 42.0. The van der Waals surface area contributed by atoms with E-state index >= 15 is 0 Å². The zero-order chi connectivity index (χ0) is 23.8. The molecule has 1 spiro atoms. The maximum atomic E-state index is 13.8. The molecule has 2 bridgehead atoms. The maximum Gasteiger partial charge on any atom is 0.245 e. The molecule has 3 aliphatic rings. The third-order valence-corrected chi connectivity index (χ3v) is 8.07. The van der Waals surface area contributed by atoms with Gasteiger partial charge in [0.25, 0.3) is 0 Å². The van der Waals surface area contributed by atoms with Crippen LogP contribution in [0.3, 0.4) is 0 Å². The zero-order valence-electron chi connectivity index (χ0n) is 19.0. The van der Waals surface area contributed by atoms with Gasteiger partial charge >= 0.3 is 0 Å². The van der Waals surface area contributed by atoms with Crippen molar-refractivity contribution in [3.05, 3.63) is 30.3 Å². The second-order valence-corrected chi connectivity index (χ2v) is 10.3. The summed E-state index contributed by atoms with van der Waals surface area (Å²) in [6.45, 7) is 4.16. The predicted molar refractivity (Wildman–Crippen MR) is 127 cm³/mol. The van der Waals surface area contributed by atoms with E-state index in [2.05, 4.69) is 26.6 Å². The topological polar surface area (TPSA) is 108 Å². The second-order valence-electron chi connectivity index (χ2n) is 9.15. The van der Waals surface area contributed by atoms with Crippen molar-refractivity contribution in [2.24, 2.45) is 11.8 Å². The van der Waals surface area contributed by atoms with Crippen molar-refractivity contribution in [3.63, 3.8) is 0 Å². The first-order chi connectivity index (χ1) is 15.9. The van der Waals surface area contributed by atoms with E-state index in [1.807, 2.05) is 32.0 Å². The maximum absolute atomic E-state index is 13.8. The lowest BCUT2D eigenvalue weighted by Gasteiger charge is -2.36. The Balaban J connectivity index is 1.70. The van der Waals surface area contributed by atoms with Crippen molar-refractivity contribution >= 4 is 39.3 Å². The Hall–Kier alpha value is -1.97. The summed E-state index contributed by atoms with van der Waals surface area (Å²) < 4.78 is 6.43. The summed E-state index contributed by atoms with van der Waals surface area (Å²) in [5, 5.41) is 15.9. The van der Waals surface area contributed by atoms with Crippen molar-refractivity contribution in [1.29, 1.82) is 0 Å². The molecule has 7 atom stereocenters. The van der Waals surface area contributed by atoms with Crippen LogP contribution < -0.4 is 10.6 Å². The normalized spacial score (nSPS) is 33.2. The molecule has 3 saturated heterocycles. The number of aliphatic hydroxyl groups excluding tert-OH is 1. The van der Waals surface area contributed by atoms with Crippen LogP contribution >= 0.6 is 15.9 Å². The Bertz CT molecular complexity index is 895. The van der Waals surface area contributed by atoms with Gasteiger partial charge in [-0.3, -0.25) is 14.4 Å². The molecule has 3 N–H and O–H groups in total. The van der Waals surface area contributed by atoms with Crippen LogP contribution in [0.25, 0.3) is 0 Å². The van der Waals surface area contributed by atoms with E-state index in [-0.39, 0.29) is 29.2 Å². The fourth-order valence-electron chi connectivity index (χ4n) is 5.71. The van der Waals surface area contributed by atoms with Gasteiger partial charge in [-0.25, -0.2) is 0 Å². The number of halogens is 1. The van der Waals surface area contributed by atoms with Gasteiger partial charge in [-0.05, 0) is 31.4 Å². The Morgan fingerprint density at radius 1 is 1.27 bits per heavy atom. The molecular weight excluding hydrogens is 490 g/mol. The Morgan fingerprint density at radius 2 is 2.00 bits per heavy atom. The summed E-state index contributed by atoms with van der Waals surface area (Å²) in [7, 11) is 0. The first kappa shape index (κ1) is 24.2. The molecule has 0 aromatic heterocycles. The van der Waals surface area contributed by atoms with Gasteiger partial charge < -0.3 is 25.4 Å². The minimum atomic E-state index is -1.10. The number of rotatable bonds is 9. The van der Waals surface area contributed by atoms with Crippen LogP contribution in [0, 0.1) is 11.8 Å². The number of benzene rings is 1. The van der Waals surface area contributed by atoms with E-state index in [1.165, 1.54) is 4.90 Å². The minimum absolute atomic E-state index is 0.159. The summed E-state index contributed by atoms with van der Waals surface area (Å²) in [6.07, 6.45) is 2.19. The quantitative estimate of drug-likeness (QED) is 0.340. The lowest BCUT2D eigenvalue weighted by Crippen LogP contribution is -2.58. The Morgan fingerprint density at radius 3 is 2.64 bits per heavy atom. The molecule has 180 valence electrons. The molecule has 4 rings (SSSR count). The fourth-order valence-corrected chi connectivity index (χ4v) is 6.65. The number of anilines is 1. The SMILES string of the molecule is CCCCNC(=O)C1N([C@@H](CC)CO)C(=O)[C@@H]2[C@H](C(=O)Nc3ccccc3)[C@H]3OC12CC3Br. The van der Waals surface area contributed by atoms with Gasteiger partial charge in [0.1, 0.15) is 11.6 Å². The van der Waals surface area contributed by atoms with Crippen molar-refractivity contribution in [2.75, 3.05) is 18.5 Å². The number of amides is 3. The third-order valence-electron chi connectivity index (χ3n) is 7.22. The number of fused-ring (bicyclic) bond motifs is 1. The highest BCUT2D eigenvalue weighted by Gasteiger charge is 2.76. The smallest absolute Gasteiger partial charge is 0.245 e. The van der Waals surface area contributed by atoms with Gasteiger partial charge in [0.2, 0.25) is 17.7 Å². The number of para-hydroxylation sites is 1. The predicted octanol–water partition coefficient (Wildman–Crippen LogP) is 2.06. The second kappa shape index (κ2) is 9.72. The highest BCUT2D eigenvalue weighted by Crippen LogP contribution is 2.60. The number of carbonyl (C=O) groups is 3. The van der Waals surface area contributed by atoms with Crippen molar-refractivity contribution in [2.45, 2.75) is 68.1 Å². The van der Waals surface area contributed by atoms with Gasteiger partial charge in [0.15, 0.2) is 0 Å². The van der Waals surface area contributed by atoms with Crippen LogP contribution in [0.5, 0.6) is 0 Å². The van der Waals surface area contributed by atoms with Crippen molar-refractivity contribution in [1.82, 2.24) is 10.2 Å². The molecule has 3 amide bonds. The number of nitrogens with one attached hydrogen (secondary N) is 2. The van der Waals surface area contributed by atoms with E-state index < -0.39 is 35.6 Å². The van der Waals surface area contributed by atoms with E-state index in [1.54, 1.807) is 12.1 Å². The minimum Gasteiger partial charge on any atom is -0.394 e. The zero-order valence-corrected chi connectivity index (χ0v) is 20.6. The van der Waals surface area contributed by atoms with Gasteiger partial charge in [-0.15, -0.1) is 0 Å². The molecule has 0 radical (unpaired) electrons. The molecule has 9 heteroatoms. The molecule has 0 aliphatic carbocycles. The van der Waals surface area contributed by atoms with Crippen LogP contribution in [0.1, 0.15) is 39.5 Å². The summed E-state index contributed by atoms with van der Waals surface area (Å²) in [5.41, 5.74) is -0.462. The number of unbranched alkanes of at least 4 members (excludes halogenated alkanes) is 1. The molecule has 3 heterocycles. The number of hydrogen-bond donors (Lipinski definition) is 3. The van der Waals surface area contributed by atoms with E-state index in [4.69, 9.17) is 4.74 Å². The molecule has 3 aliphatic heterocycles. The highest BCUT2D eigenvalue weighted by atomic mass is 79.9. The first-order valence-corrected chi connectivity index (χ1v) is 12.7. The molecule has 3 fully saturated rings. The molecule has 33 heavy (non-hydrogen) atoms. The van der Waals surface area contributed by atoms with E-state index in [0.29, 0.717) is 25.1 Å². The van der Waals surface area contributed by atoms with Crippen LogP contribution in [0.2, 0.25) is 0 Å². The standard InChI is InChI=1S/C24H32BrN3O5/c1-3-5-11-26-22(31)20-24-12-16(25)19(33-24)17(21(30)27-14-9-7-6-8-10-14)18(24)23(32)28(20)15(4-2)13-29/h6-10,15-20,29H,3-5,11-13H2,1-2H3,(H,26,31)(H,27,30)/t15-,16?,17-,18-,19-,20?,24?/m0/s1. The Kier molecular flexibility index (Phi) is 7.12. The lowest BCUT2D eigenvalue weighted by atomic mass is 9.70. The summed E-state index contributed by atoms with van der Waals surface area (Å²) >= 11 is 3.66. The molecular formula is C24H32BrN3O5. The van der Waals surface area contributed by atoms with Crippen molar-refractivity contribution in [3.8, 4) is 0 Å². The number of likely N-dealkylation sites (tertiary alicyclic amines) is 1. The van der Waals surface area contributed by atoms with Gasteiger partial charge in [-0.2, -0.15) is 0 Å². The molecule has 8 nitrogen and oxygen atoms in total. The number of hydrogen-bond acceptors (Lipinski definition) is 5. The van der Waals surface area contributed by atoms with Crippen LogP contribution in [-0.2, 0) is 19.1 Å². The lowest BCUT2D eigenvalue weighted by molar-refractivity contribution is -0.145. The number of alkyl halides is 1. The molecule has 3 unspecified atom stereocenters.